The number of carbonyl (C=O) groups is 10. The molecule has 0 aromatic rings. The number of thioether (sulfide) groups is 1. The van der Waals surface area contributed by atoms with E-state index in [4.69, 9.17) is 20.3 Å². The van der Waals surface area contributed by atoms with E-state index in [2.05, 4.69) is 41.7 Å². The number of imide groups is 1. The summed E-state index contributed by atoms with van der Waals surface area (Å²) in [6.07, 6.45) is -2.44. The molecule has 56 heavy (non-hydrogen) atoms. The molecule has 0 bridgehead atoms. The number of carboxylic acid groups (broad SMARTS) is 2. The molecule has 1 aliphatic rings. The van der Waals surface area contributed by atoms with Crippen molar-refractivity contribution >= 4 is 83.6 Å². The number of nitrogens with one attached hydrogen (secondary N) is 1. The average molecular weight is 846 g/mol. The maximum absolute atomic E-state index is 11.9. The maximum Gasteiger partial charge on any atom is 0.536 e. The van der Waals surface area contributed by atoms with Crippen LogP contribution >= 0.6 is 24.4 Å². The summed E-state index contributed by atoms with van der Waals surface area (Å²) in [5.41, 5.74) is 5.22. The zero-order chi connectivity index (χ0) is 44.1. The molecule has 0 aromatic heterocycles. The Hall–Kier alpha value is -4.84. The van der Waals surface area contributed by atoms with Crippen molar-refractivity contribution in [2.75, 3.05) is 20.4 Å². The summed E-state index contributed by atoms with van der Waals surface area (Å²) in [6.45, 7) is 13.8. The number of amides is 3. The largest absolute Gasteiger partial charge is 0.536 e. The molecule has 1 fully saturated rings. The van der Waals surface area contributed by atoms with E-state index >= 15 is 0 Å². The second-order valence-electron chi connectivity index (χ2n) is 13.2. The fourth-order valence-corrected chi connectivity index (χ4v) is 3.89. The number of nitrogens with two attached hydrogens (primary N) is 1. The van der Waals surface area contributed by atoms with Crippen LogP contribution in [0.1, 0.15) is 82.1 Å². The lowest BCUT2D eigenvalue weighted by atomic mass is 10.0. The number of esters is 3. The molecule has 3 amide bonds. The molecular weight excluding hydrogens is 794 g/mol. The van der Waals surface area contributed by atoms with Crippen LogP contribution in [0.5, 0.6) is 0 Å². The Bertz CT molecular complexity index is 1400. The monoisotopic (exact) mass is 845 g/mol. The molecule has 22 nitrogen and oxygen atoms in total. The van der Waals surface area contributed by atoms with Gasteiger partial charge in [-0.3, -0.25) is 33.6 Å². The molecule has 320 valence electrons. The van der Waals surface area contributed by atoms with Gasteiger partial charge in [0.2, 0.25) is 20.4 Å². The number of aliphatic carboxylic acids is 2. The highest BCUT2D eigenvalue weighted by atomic mass is 32.2. The van der Waals surface area contributed by atoms with Crippen molar-refractivity contribution in [2.24, 2.45) is 23.5 Å². The van der Waals surface area contributed by atoms with Gasteiger partial charge in [0, 0.05) is 17.6 Å². The molecule has 1 aliphatic heterocycles. The van der Waals surface area contributed by atoms with E-state index in [1.165, 1.54) is 13.8 Å². The maximum atomic E-state index is 11.9. The van der Waals surface area contributed by atoms with E-state index in [1.807, 2.05) is 0 Å². The fourth-order valence-electron chi connectivity index (χ4n) is 2.97. The van der Waals surface area contributed by atoms with Gasteiger partial charge >= 0.3 is 47.4 Å². The Morgan fingerprint density at radius 2 is 1.11 bits per heavy atom. The first-order valence-electron chi connectivity index (χ1n) is 16.5. The van der Waals surface area contributed by atoms with Crippen LogP contribution in [0.15, 0.2) is 0 Å². The molecule has 2 atom stereocenters. The van der Waals surface area contributed by atoms with Crippen LogP contribution in [-0.4, -0.2) is 116 Å². The Labute approximate surface area is 332 Å². The number of ether oxygens (including phenoxy) is 6. The minimum Gasteiger partial charge on any atom is -0.480 e. The zero-order valence-electron chi connectivity index (χ0n) is 32.6. The third-order valence-electron chi connectivity index (χ3n) is 6.31. The third kappa shape index (κ3) is 22.5. The van der Waals surface area contributed by atoms with Crippen LogP contribution < -0.4 is 11.1 Å². The highest BCUT2D eigenvalue weighted by Gasteiger charge is 2.40. The molecule has 0 unspecified atom stereocenters. The molecule has 1 rings (SSSR count). The predicted octanol–water partition coefficient (Wildman–Crippen LogP) is 2.59. The van der Waals surface area contributed by atoms with Gasteiger partial charge in [-0.2, -0.15) is 12.6 Å². The average Bonchev–Trinajstić information content (AvgIpc) is 3.38. The number of alkyl carbamates (subject to hydrolysis) is 1. The van der Waals surface area contributed by atoms with Gasteiger partial charge in [0.15, 0.2) is 0 Å². The van der Waals surface area contributed by atoms with E-state index in [0.29, 0.717) is 16.8 Å². The van der Waals surface area contributed by atoms with E-state index < -0.39 is 113 Å². The summed E-state index contributed by atoms with van der Waals surface area (Å²) < 4.78 is 25.6. The minimum atomic E-state index is -1.55. The molecule has 0 radical (unpaired) electrons. The van der Waals surface area contributed by atoms with Gasteiger partial charge in [-0.05, 0) is 39.5 Å². The van der Waals surface area contributed by atoms with Crippen LogP contribution in [-0.2, 0) is 66.8 Å². The van der Waals surface area contributed by atoms with Crippen molar-refractivity contribution in [1.29, 1.82) is 0 Å². The topological polar surface area (TPSA) is 317 Å². The number of carboxylic acids is 2. The smallest absolute Gasteiger partial charge is 0.480 e. The predicted molar refractivity (Wildman–Crippen MR) is 194 cm³/mol. The van der Waals surface area contributed by atoms with Crippen molar-refractivity contribution in [2.45, 2.75) is 104 Å². The van der Waals surface area contributed by atoms with Gasteiger partial charge in [0.25, 0.3) is 11.8 Å². The first-order chi connectivity index (χ1) is 25.5. The number of thiol groups is 1. The SMILES string of the molecule is CC(C)(S)[C@@H](N)C(=O)O.CC(C)C(=O)OCOC(=O)N[C@@H](C(=O)O)C(C)(C)SC(=O)OCOC(=O)C(C)C.CC(C)C(=O)OCOC(=O)ON1C(=O)CCC1=O. The van der Waals surface area contributed by atoms with Crippen LogP contribution in [0.2, 0.25) is 0 Å². The van der Waals surface area contributed by atoms with Gasteiger partial charge in [0.1, 0.15) is 12.1 Å². The van der Waals surface area contributed by atoms with E-state index in [0.717, 1.165) is 0 Å². The number of rotatable bonds is 16. The molecular formula is C32H51N3O19S2. The Kier molecular flexibility index (Phi) is 24.1. The summed E-state index contributed by atoms with van der Waals surface area (Å²) in [5.74, 6) is -6.56. The first-order valence-corrected chi connectivity index (χ1v) is 17.7. The van der Waals surface area contributed by atoms with Crippen LogP contribution in [0, 0.1) is 17.8 Å². The second kappa shape index (κ2) is 25.3. The normalized spacial score (nSPS) is 13.5. The Balaban J connectivity index is 0. The van der Waals surface area contributed by atoms with Gasteiger partial charge in [-0.25, -0.2) is 19.2 Å². The number of carbonyl (C=O) groups excluding carboxylic acids is 8. The van der Waals surface area contributed by atoms with Crippen molar-refractivity contribution in [3.05, 3.63) is 0 Å². The van der Waals surface area contributed by atoms with Gasteiger partial charge < -0.3 is 49.7 Å². The first kappa shape index (κ1) is 53.3. The van der Waals surface area contributed by atoms with Crippen molar-refractivity contribution in [3.8, 4) is 0 Å². The van der Waals surface area contributed by atoms with E-state index in [9.17, 15) is 53.1 Å². The number of nitrogens with zero attached hydrogens (tertiary/aromatic N) is 1. The zero-order valence-corrected chi connectivity index (χ0v) is 34.3. The number of hydrogen-bond acceptors (Lipinski definition) is 20. The molecule has 1 saturated heterocycles. The standard InChI is InChI=1S/C17H27NO10S.C10H13NO7.C5H11NO2S/c1-9(2)13(21)25-7-27-15(23)18-11(12(19)20)17(5,6)29-16(24)28-8-26-14(22)10(3)4;1-6(2)9(14)16-5-17-10(15)18-11-7(12)3-4-8(11)13;1-5(2,9)3(6)4(7)8/h9-11H,7-8H2,1-6H3,(H,18,23)(H,19,20);6H,3-5H2,1-2H3;3,9H,6H2,1-2H3,(H,7,8)/t11-;;3-/m0.0/s1. The van der Waals surface area contributed by atoms with Crippen LogP contribution in [0.25, 0.3) is 0 Å². The quantitative estimate of drug-likeness (QED) is 0.0490. The lowest BCUT2D eigenvalue weighted by Gasteiger charge is -2.29. The van der Waals surface area contributed by atoms with E-state index in [1.54, 1.807) is 55.4 Å². The molecule has 0 saturated carbocycles. The van der Waals surface area contributed by atoms with Crippen molar-refractivity contribution in [3.63, 3.8) is 0 Å². The molecule has 0 spiro atoms. The van der Waals surface area contributed by atoms with Gasteiger partial charge in [-0.1, -0.05) is 46.6 Å². The third-order valence-corrected chi connectivity index (χ3v) is 7.64. The molecule has 5 N–H and O–H groups in total. The summed E-state index contributed by atoms with van der Waals surface area (Å²) in [6, 6.07) is -2.45. The molecule has 0 aliphatic carbocycles. The summed E-state index contributed by atoms with van der Waals surface area (Å²) in [7, 11) is 0. The molecule has 1 heterocycles. The highest BCUT2D eigenvalue weighted by molar-refractivity contribution is 8.14. The van der Waals surface area contributed by atoms with Crippen molar-refractivity contribution < 1.29 is 91.4 Å². The number of hydrogen-bond donors (Lipinski definition) is 5. The second-order valence-corrected chi connectivity index (χ2v) is 15.9. The van der Waals surface area contributed by atoms with Gasteiger partial charge in [0.05, 0.1) is 22.5 Å². The molecule has 0 aromatic carbocycles. The fraction of sp³-hybridized carbons (Fsp3) is 0.688. The Morgan fingerprint density at radius 1 is 0.714 bits per heavy atom. The highest BCUT2D eigenvalue weighted by Crippen LogP contribution is 2.30. The van der Waals surface area contributed by atoms with Gasteiger partial charge in [-0.15, -0.1) is 0 Å². The summed E-state index contributed by atoms with van der Waals surface area (Å²) >= 11 is 4.47. The van der Waals surface area contributed by atoms with E-state index in [-0.39, 0.29) is 18.8 Å². The van der Waals surface area contributed by atoms with Crippen LogP contribution in [0.4, 0.5) is 14.4 Å². The summed E-state index contributed by atoms with van der Waals surface area (Å²) in [4.78, 5) is 117. The summed E-state index contributed by atoms with van der Waals surface area (Å²) in [5, 5.41) is 19.2. The van der Waals surface area contributed by atoms with Crippen molar-refractivity contribution in [1.82, 2.24) is 10.4 Å². The minimum absolute atomic E-state index is 0.00551. The lowest BCUT2D eigenvalue weighted by Crippen LogP contribution is -2.53. The molecule has 24 heteroatoms. The Morgan fingerprint density at radius 3 is 1.45 bits per heavy atom. The number of hydroxylamine groups is 2. The lowest BCUT2D eigenvalue weighted by molar-refractivity contribution is -0.183. The van der Waals surface area contributed by atoms with Crippen LogP contribution in [0.3, 0.4) is 0 Å².